The van der Waals surface area contributed by atoms with Crippen molar-refractivity contribution in [1.82, 2.24) is 4.90 Å². The number of likely N-dealkylation sites (N-methyl/N-ethyl adjacent to an activating group) is 1. The molecule has 1 saturated heterocycles. The number of rotatable bonds is 3. The first kappa shape index (κ1) is 13.8. The topological polar surface area (TPSA) is 75.8 Å². The van der Waals surface area contributed by atoms with Gasteiger partial charge in [-0.3, -0.25) is 4.79 Å². The average Bonchev–Trinajstić information content (AvgIpc) is 2.41. The Hall–Kier alpha value is -1.59. The molecule has 1 heterocycles. The van der Waals surface area contributed by atoms with Crippen LogP contribution in [-0.2, 0) is 16.1 Å². The number of hydrogen-bond acceptors (Lipinski definition) is 4. The number of carbonyl (C=O) groups excluding carboxylic acids is 1. The van der Waals surface area contributed by atoms with Gasteiger partial charge in [0.2, 0.25) is 5.91 Å². The summed E-state index contributed by atoms with van der Waals surface area (Å²) < 4.78 is 5.25. The number of carbonyl (C=O) groups is 1. The number of hydrogen-bond donors (Lipinski definition) is 2. The van der Waals surface area contributed by atoms with Crippen molar-refractivity contribution in [2.75, 3.05) is 20.3 Å². The number of phenols is 1. The van der Waals surface area contributed by atoms with E-state index in [2.05, 4.69) is 0 Å². The van der Waals surface area contributed by atoms with Crippen molar-refractivity contribution in [3.05, 3.63) is 29.8 Å². The molecule has 0 atom stereocenters. The van der Waals surface area contributed by atoms with E-state index in [1.165, 1.54) is 0 Å². The van der Waals surface area contributed by atoms with Crippen LogP contribution in [0.25, 0.3) is 0 Å². The van der Waals surface area contributed by atoms with Gasteiger partial charge in [-0.05, 0) is 30.5 Å². The highest BCUT2D eigenvalue weighted by Gasteiger charge is 2.37. The Morgan fingerprint density at radius 2 is 1.95 bits per heavy atom. The number of aromatic hydroxyl groups is 1. The molecular formula is C14H20N2O3. The molecule has 1 fully saturated rings. The van der Waals surface area contributed by atoms with E-state index in [0.29, 0.717) is 32.6 Å². The molecule has 0 saturated carbocycles. The van der Waals surface area contributed by atoms with E-state index in [1.54, 1.807) is 36.2 Å². The lowest BCUT2D eigenvalue weighted by Gasteiger charge is -2.35. The molecule has 0 aromatic heterocycles. The molecule has 3 N–H and O–H groups in total. The normalized spacial score (nSPS) is 18.0. The Bertz CT molecular complexity index is 439. The Morgan fingerprint density at radius 1 is 1.37 bits per heavy atom. The van der Waals surface area contributed by atoms with E-state index in [1.807, 2.05) is 0 Å². The molecule has 0 radical (unpaired) electrons. The van der Waals surface area contributed by atoms with Gasteiger partial charge in [-0.25, -0.2) is 0 Å². The van der Waals surface area contributed by atoms with Crippen LogP contribution in [0.2, 0.25) is 0 Å². The van der Waals surface area contributed by atoms with Crippen LogP contribution in [0.1, 0.15) is 18.4 Å². The van der Waals surface area contributed by atoms with Crippen LogP contribution in [0, 0.1) is 0 Å². The van der Waals surface area contributed by atoms with Crippen molar-refractivity contribution in [2.45, 2.75) is 24.9 Å². The van der Waals surface area contributed by atoms with E-state index >= 15 is 0 Å². The Balaban J connectivity index is 2.00. The summed E-state index contributed by atoms with van der Waals surface area (Å²) >= 11 is 0. The van der Waals surface area contributed by atoms with Crippen LogP contribution in [0.5, 0.6) is 5.75 Å². The molecule has 1 aromatic carbocycles. The molecule has 1 amide bonds. The molecule has 1 aliphatic rings. The van der Waals surface area contributed by atoms with Gasteiger partial charge >= 0.3 is 0 Å². The highest BCUT2D eigenvalue weighted by Crippen LogP contribution is 2.21. The molecule has 19 heavy (non-hydrogen) atoms. The van der Waals surface area contributed by atoms with Crippen molar-refractivity contribution < 1.29 is 14.6 Å². The van der Waals surface area contributed by atoms with Crippen LogP contribution in [0.15, 0.2) is 24.3 Å². The quantitative estimate of drug-likeness (QED) is 0.849. The van der Waals surface area contributed by atoms with Crippen LogP contribution in [0.3, 0.4) is 0 Å². The summed E-state index contributed by atoms with van der Waals surface area (Å²) in [5.41, 5.74) is 6.33. The van der Waals surface area contributed by atoms with Crippen molar-refractivity contribution >= 4 is 5.91 Å². The van der Waals surface area contributed by atoms with Crippen LogP contribution in [0.4, 0.5) is 0 Å². The first-order chi connectivity index (χ1) is 9.01. The largest absolute Gasteiger partial charge is 0.508 e. The monoisotopic (exact) mass is 264 g/mol. The standard InChI is InChI=1S/C14H20N2O3/c1-16(10-11-2-4-12(17)5-3-11)13(18)14(15)6-8-19-9-7-14/h2-5,17H,6-10,15H2,1H3. The molecular weight excluding hydrogens is 244 g/mol. The fourth-order valence-corrected chi connectivity index (χ4v) is 2.28. The number of phenolic OH excluding ortho intramolecular Hbond substituents is 1. The molecule has 1 aromatic rings. The molecule has 0 bridgehead atoms. The van der Waals surface area contributed by atoms with Crippen LogP contribution < -0.4 is 5.73 Å². The predicted octanol–water partition coefficient (Wildman–Crippen LogP) is 0.858. The maximum Gasteiger partial charge on any atom is 0.242 e. The molecule has 2 rings (SSSR count). The Morgan fingerprint density at radius 3 is 2.53 bits per heavy atom. The van der Waals surface area contributed by atoms with Gasteiger partial charge in [0.25, 0.3) is 0 Å². The van der Waals surface area contributed by atoms with E-state index in [9.17, 15) is 9.90 Å². The summed E-state index contributed by atoms with van der Waals surface area (Å²) in [7, 11) is 1.75. The van der Waals surface area contributed by atoms with Gasteiger partial charge < -0.3 is 20.5 Å². The van der Waals surface area contributed by atoms with Crippen molar-refractivity contribution in [3.8, 4) is 5.75 Å². The smallest absolute Gasteiger partial charge is 0.242 e. The van der Waals surface area contributed by atoms with Crippen molar-refractivity contribution in [3.63, 3.8) is 0 Å². The van der Waals surface area contributed by atoms with Gasteiger partial charge in [0.05, 0.1) is 5.54 Å². The summed E-state index contributed by atoms with van der Waals surface area (Å²) in [5.74, 6) is 0.168. The van der Waals surface area contributed by atoms with E-state index < -0.39 is 5.54 Å². The minimum Gasteiger partial charge on any atom is -0.508 e. The third-order valence-electron chi connectivity index (χ3n) is 3.51. The lowest BCUT2D eigenvalue weighted by Crippen LogP contribution is -2.57. The molecule has 104 valence electrons. The van der Waals surface area contributed by atoms with Gasteiger partial charge in [-0.1, -0.05) is 12.1 Å². The van der Waals surface area contributed by atoms with Crippen molar-refractivity contribution in [1.29, 1.82) is 0 Å². The Kier molecular flexibility index (Phi) is 4.07. The number of nitrogens with zero attached hydrogens (tertiary/aromatic N) is 1. The molecule has 0 aliphatic carbocycles. The second-order valence-electron chi connectivity index (χ2n) is 5.10. The molecule has 0 spiro atoms. The minimum absolute atomic E-state index is 0.0520. The van der Waals surface area contributed by atoms with E-state index in [4.69, 9.17) is 10.5 Å². The van der Waals surface area contributed by atoms with Gasteiger partial charge in [0.1, 0.15) is 5.75 Å². The second kappa shape index (κ2) is 5.59. The molecule has 5 heteroatoms. The fourth-order valence-electron chi connectivity index (χ4n) is 2.28. The van der Waals surface area contributed by atoms with Gasteiger partial charge in [0, 0.05) is 26.8 Å². The number of nitrogens with two attached hydrogens (primary N) is 1. The van der Waals surface area contributed by atoms with E-state index in [-0.39, 0.29) is 11.7 Å². The second-order valence-corrected chi connectivity index (χ2v) is 5.10. The zero-order chi connectivity index (χ0) is 13.9. The summed E-state index contributed by atoms with van der Waals surface area (Å²) in [6, 6.07) is 6.82. The van der Waals surface area contributed by atoms with Crippen LogP contribution in [-0.4, -0.2) is 41.7 Å². The van der Waals surface area contributed by atoms with E-state index in [0.717, 1.165) is 5.56 Å². The first-order valence-electron chi connectivity index (χ1n) is 6.41. The minimum atomic E-state index is -0.802. The van der Waals surface area contributed by atoms with Gasteiger partial charge in [0.15, 0.2) is 0 Å². The summed E-state index contributed by atoms with van der Waals surface area (Å²) in [4.78, 5) is 14.0. The highest BCUT2D eigenvalue weighted by molar-refractivity contribution is 5.86. The fraction of sp³-hybridized carbons (Fsp3) is 0.500. The number of ether oxygens (including phenoxy) is 1. The zero-order valence-electron chi connectivity index (χ0n) is 11.1. The van der Waals surface area contributed by atoms with Crippen molar-refractivity contribution in [2.24, 2.45) is 5.73 Å². The molecule has 1 aliphatic heterocycles. The Labute approximate surface area is 113 Å². The average molecular weight is 264 g/mol. The number of benzene rings is 1. The first-order valence-corrected chi connectivity index (χ1v) is 6.41. The lowest BCUT2D eigenvalue weighted by molar-refractivity contribution is -0.139. The maximum absolute atomic E-state index is 12.4. The summed E-state index contributed by atoms with van der Waals surface area (Å²) in [6.45, 7) is 1.56. The van der Waals surface area contributed by atoms with Crippen LogP contribution >= 0.6 is 0 Å². The highest BCUT2D eigenvalue weighted by atomic mass is 16.5. The predicted molar refractivity (Wildman–Crippen MR) is 71.6 cm³/mol. The van der Waals surface area contributed by atoms with Gasteiger partial charge in [-0.15, -0.1) is 0 Å². The third-order valence-corrected chi connectivity index (χ3v) is 3.51. The third kappa shape index (κ3) is 3.24. The lowest BCUT2D eigenvalue weighted by atomic mass is 9.89. The molecule has 5 nitrogen and oxygen atoms in total. The molecule has 0 unspecified atom stereocenters. The SMILES string of the molecule is CN(Cc1ccc(O)cc1)C(=O)C1(N)CCOCC1. The zero-order valence-corrected chi connectivity index (χ0v) is 11.1. The summed E-state index contributed by atoms with van der Waals surface area (Å²) in [6.07, 6.45) is 1.12. The number of amides is 1. The maximum atomic E-state index is 12.4. The van der Waals surface area contributed by atoms with Gasteiger partial charge in [-0.2, -0.15) is 0 Å². The summed E-state index contributed by atoms with van der Waals surface area (Å²) in [5, 5.41) is 9.23.